The molecule has 0 saturated carbocycles. The maximum atomic E-state index is 9.01. The monoisotopic (exact) mass is 321 g/mol. The number of aliphatic hydroxyl groups is 1. The summed E-state index contributed by atoms with van der Waals surface area (Å²) < 4.78 is 5.40. The third-order valence-corrected chi connectivity index (χ3v) is 4.34. The first kappa shape index (κ1) is 14.9. The van der Waals surface area contributed by atoms with Crippen molar-refractivity contribution in [1.82, 2.24) is 9.97 Å². The molecule has 0 amide bonds. The van der Waals surface area contributed by atoms with E-state index in [-0.39, 0.29) is 6.61 Å². The van der Waals surface area contributed by atoms with Gasteiger partial charge in [-0.3, -0.25) is 0 Å². The molecule has 2 aromatic heterocycles. The molecule has 1 aliphatic rings. The maximum Gasteiger partial charge on any atom is 0.245 e. The SMILES string of the molecule is OCCc1ccc(Nc2cc(-c3ncco3)nc3c2CCC3)cc1. The first-order valence-corrected chi connectivity index (χ1v) is 8.23. The highest BCUT2D eigenvalue weighted by molar-refractivity contribution is 5.69. The topological polar surface area (TPSA) is 71.2 Å². The molecule has 122 valence electrons. The van der Waals surface area contributed by atoms with Crippen molar-refractivity contribution in [3.05, 3.63) is 59.6 Å². The number of hydrogen-bond donors (Lipinski definition) is 2. The number of aromatic nitrogens is 2. The number of pyridine rings is 1. The molecule has 0 saturated heterocycles. The molecule has 2 N–H and O–H groups in total. The molecule has 0 aliphatic heterocycles. The van der Waals surface area contributed by atoms with Gasteiger partial charge in [0.25, 0.3) is 0 Å². The summed E-state index contributed by atoms with van der Waals surface area (Å²) in [5.74, 6) is 0.547. The van der Waals surface area contributed by atoms with Crippen LogP contribution in [0.25, 0.3) is 11.6 Å². The molecule has 0 spiro atoms. The minimum absolute atomic E-state index is 0.171. The summed E-state index contributed by atoms with van der Waals surface area (Å²) in [6, 6.07) is 10.2. The van der Waals surface area contributed by atoms with Crippen molar-refractivity contribution in [3.8, 4) is 11.6 Å². The molecule has 0 unspecified atom stereocenters. The first-order chi connectivity index (χ1) is 11.8. The molecule has 1 aromatic carbocycles. The Bertz CT molecular complexity index is 827. The Labute approximate surface area is 140 Å². The Balaban J connectivity index is 1.67. The summed E-state index contributed by atoms with van der Waals surface area (Å²) in [6.45, 7) is 0.171. The predicted molar refractivity (Wildman–Crippen MR) is 92.3 cm³/mol. The van der Waals surface area contributed by atoms with Gasteiger partial charge in [0.1, 0.15) is 12.0 Å². The van der Waals surface area contributed by atoms with Crippen molar-refractivity contribution < 1.29 is 9.52 Å². The molecule has 5 heteroatoms. The number of nitrogens with one attached hydrogen (secondary N) is 1. The number of aliphatic hydroxyl groups excluding tert-OH is 1. The second-order valence-corrected chi connectivity index (χ2v) is 5.97. The molecule has 24 heavy (non-hydrogen) atoms. The van der Waals surface area contributed by atoms with Gasteiger partial charge in [0.2, 0.25) is 5.89 Å². The number of aryl methyl sites for hydroxylation is 1. The quantitative estimate of drug-likeness (QED) is 0.752. The van der Waals surface area contributed by atoms with Crippen molar-refractivity contribution >= 4 is 11.4 Å². The Kier molecular flexibility index (Phi) is 4.01. The molecular formula is C19H19N3O2. The molecule has 3 aromatic rings. The van der Waals surface area contributed by atoms with Crippen LogP contribution in [0.5, 0.6) is 0 Å². The number of oxazole rings is 1. The van der Waals surface area contributed by atoms with Crippen molar-refractivity contribution in [1.29, 1.82) is 0 Å². The van der Waals surface area contributed by atoms with Crippen LogP contribution in [-0.2, 0) is 19.3 Å². The number of hydrogen-bond acceptors (Lipinski definition) is 5. The van der Waals surface area contributed by atoms with E-state index in [0.29, 0.717) is 12.3 Å². The smallest absolute Gasteiger partial charge is 0.245 e. The van der Waals surface area contributed by atoms with Crippen molar-refractivity contribution in [2.45, 2.75) is 25.7 Å². The van der Waals surface area contributed by atoms with Gasteiger partial charge < -0.3 is 14.8 Å². The minimum atomic E-state index is 0.171. The van der Waals surface area contributed by atoms with Crippen molar-refractivity contribution in [3.63, 3.8) is 0 Å². The fraction of sp³-hybridized carbons (Fsp3) is 0.263. The molecular weight excluding hydrogens is 302 g/mol. The molecule has 5 nitrogen and oxygen atoms in total. The fourth-order valence-electron chi connectivity index (χ4n) is 3.15. The molecule has 0 atom stereocenters. The number of fused-ring (bicyclic) bond motifs is 1. The first-order valence-electron chi connectivity index (χ1n) is 8.23. The minimum Gasteiger partial charge on any atom is -0.443 e. The highest BCUT2D eigenvalue weighted by Crippen LogP contribution is 2.33. The van der Waals surface area contributed by atoms with Crippen LogP contribution in [0.4, 0.5) is 11.4 Å². The third kappa shape index (κ3) is 2.90. The highest BCUT2D eigenvalue weighted by atomic mass is 16.3. The molecule has 4 rings (SSSR count). The normalized spacial score (nSPS) is 13.0. The van der Waals surface area contributed by atoms with Gasteiger partial charge >= 0.3 is 0 Å². The van der Waals surface area contributed by atoms with Gasteiger partial charge in [0.15, 0.2) is 0 Å². The largest absolute Gasteiger partial charge is 0.443 e. The van der Waals surface area contributed by atoms with Gasteiger partial charge in [0.05, 0.1) is 6.20 Å². The maximum absolute atomic E-state index is 9.01. The van der Waals surface area contributed by atoms with Crippen LogP contribution in [0, 0.1) is 0 Å². The van der Waals surface area contributed by atoms with E-state index in [1.165, 1.54) is 5.56 Å². The lowest BCUT2D eigenvalue weighted by atomic mass is 10.1. The molecule has 0 bridgehead atoms. The number of anilines is 2. The number of benzene rings is 1. The average molecular weight is 321 g/mol. The summed E-state index contributed by atoms with van der Waals surface area (Å²) in [6.07, 6.45) is 7.04. The predicted octanol–water partition coefficient (Wildman–Crippen LogP) is 3.50. The van der Waals surface area contributed by atoms with E-state index in [0.717, 1.165) is 47.6 Å². The molecule has 2 heterocycles. The summed E-state index contributed by atoms with van der Waals surface area (Å²) in [5.41, 5.74) is 6.40. The molecule has 0 fully saturated rings. The van der Waals surface area contributed by atoms with E-state index in [2.05, 4.69) is 10.3 Å². The highest BCUT2D eigenvalue weighted by Gasteiger charge is 2.20. The van der Waals surface area contributed by atoms with E-state index in [1.54, 1.807) is 12.5 Å². The zero-order valence-corrected chi connectivity index (χ0v) is 13.3. The van der Waals surface area contributed by atoms with E-state index in [9.17, 15) is 0 Å². The van der Waals surface area contributed by atoms with Crippen LogP contribution in [0.3, 0.4) is 0 Å². The molecule has 1 aliphatic carbocycles. The van der Waals surface area contributed by atoms with Crippen LogP contribution in [-0.4, -0.2) is 21.7 Å². The number of rotatable bonds is 5. The Morgan fingerprint density at radius 3 is 2.79 bits per heavy atom. The second kappa shape index (κ2) is 6.45. The Morgan fingerprint density at radius 1 is 1.17 bits per heavy atom. The van der Waals surface area contributed by atoms with Crippen molar-refractivity contribution in [2.24, 2.45) is 0 Å². The van der Waals surface area contributed by atoms with Gasteiger partial charge in [-0.25, -0.2) is 9.97 Å². The van der Waals surface area contributed by atoms with Crippen LogP contribution < -0.4 is 5.32 Å². The standard InChI is InChI=1S/C19H19N3O2/c23-10-8-13-4-6-14(7-5-13)21-17-12-18(19-20-9-11-24-19)22-16-3-1-2-15(16)17/h4-7,9,11-12,23H,1-3,8,10H2,(H,21,22). The second-order valence-electron chi connectivity index (χ2n) is 5.97. The lowest BCUT2D eigenvalue weighted by molar-refractivity contribution is 0.299. The van der Waals surface area contributed by atoms with Crippen LogP contribution in [0.2, 0.25) is 0 Å². The third-order valence-electron chi connectivity index (χ3n) is 4.34. The average Bonchev–Trinajstić information content (AvgIpc) is 3.28. The van der Waals surface area contributed by atoms with Crippen molar-refractivity contribution in [2.75, 3.05) is 11.9 Å². The zero-order chi connectivity index (χ0) is 16.4. The van der Waals surface area contributed by atoms with Crippen LogP contribution in [0.15, 0.2) is 47.2 Å². The van der Waals surface area contributed by atoms with Crippen LogP contribution in [0.1, 0.15) is 23.2 Å². The van der Waals surface area contributed by atoms with E-state index < -0.39 is 0 Å². The summed E-state index contributed by atoms with van der Waals surface area (Å²) in [4.78, 5) is 8.92. The lowest BCUT2D eigenvalue weighted by Gasteiger charge is -2.13. The van der Waals surface area contributed by atoms with Gasteiger partial charge in [-0.05, 0) is 55.0 Å². The molecule has 0 radical (unpaired) electrons. The van der Waals surface area contributed by atoms with E-state index in [4.69, 9.17) is 14.5 Å². The van der Waals surface area contributed by atoms with Gasteiger partial charge in [-0.15, -0.1) is 0 Å². The zero-order valence-electron chi connectivity index (χ0n) is 13.3. The summed E-state index contributed by atoms with van der Waals surface area (Å²) in [7, 11) is 0. The van der Waals surface area contributed by atoms with Crippen LogP contribution >= 0.6 is 0 Å². The Hall–Kier alpha value is -2.66. The summed E-state index contributed by atoms with van der Waals surface area (Å²) in [5, 5.41) is 12.5. The fourth-order valence-corrected chi connectivity index (χ4v) is 3.15. The van der Waals surface area contributed by atoms with Gasteiger partial charge in [0, 0.05) is 23.7 Å². The Morgan fingerprint density at radius 2 is 2.04 bits per heavy atom. The number of nitrogens with zero attached hydrogens (tertiary/aromatic N) is 2. The van der Waals surface area contributed by atoms with Gasteiger partial charge in [-0.2, -0.15) is 0 Å². The summed E-state index contributed by atoms with van der Waals surface area (Å²) >= 11 is 0. The van der Waals surface area contributed by atoms with Gasteiger partial charge in [-0.1, -0.05) is 12.1 Å². The van der Waals surface area contributed by atoms with E-state index >= 15 is 0 Å². The van der Waals surface area contributed by atoms with E-state index in [1.807, 2.05) is 30.3 Å². The lowest BCUT2D eigenvalue weighted by Crippen LogP contribution is -2.00.